The third-order valence-electron chi connectivity index (χ3n) is 2.34. The summed E-state index contributed by atoms with van der Waals surface area (Å²) in [7, 11) is 0. The van der Waals surface area contributed by atoms with Gasteiger partial charge in [-0.15, -0.1) is 0 Å². The molecule has 14 heavy (non-hydrogen) atoms. The van der Waals surface area contributed by atoms with Gasteiger partial charge in [0, 0.05) is 6.04 Å². The summed E-state index contributed by atoms with van der Waals surface area (Å²) >= 11 is 0. The zero-order chi connectivity index (χ0) is 10.6. The van der Waals surface area contributed by atoms with Crippen LogP contribution >= 0.6 is 0 Å². The third-order valence-corrected chi connectivity index (χ3v) is 2.34. The van der Waals surface area contributed by atoms with E-state index >= 15 is 0 Å². The molecule has 2 nitrogen and oxygen atoms in total. The summed E-state index contributed by atoms with van der Waals surface area (Å²) in [6.07, 6.45) is 1.68. The molecule has 0 heterocycles. The summed E-state index contributed by atoms with van der Waals surface area (Å²) in [4.78, 5) is 0. The average molecular weight is 196 g/mol. The Morgan fingerprint density at radius 2 is 2.14 bits per heavy atom. The van der Waals surface area contributed by atoms with Gasteiger partial charge in [0.1, 0.15) is 5.82 Å². The number of rotatable bonds is 4. The number of nitrogens with two attached hydrogens (primary N) is 2. The molecular formula is C11H17FN2. The van der Waals surface area contributed by atoms with Crippen molar-refractivity contribution >= 4 is 0 Å². The standard InChI is InChI=1S/C11H17FN2/c1-8-4-5-9(7-10(8)12)11(14)3-2-6-13/h4-5,7,11H,2-3,6,13-14H2,1H3/t11-/m0/s1. The van der Waals surface area contributed by atoms with Crippen molar-refractivity contribution in [2.75, 3.05) is 6.54 Å². The highest BCUT2D eigenvalue weighted by Crippen LogP contribution is 2.18. The minimum absolute atomic E-state index is 0.103. The van der Waals surface area contributed by atoms with Crippen molar-refractivity contribution in [2.45, 2.75) is 25.8 Å². The van der Waals surface area contributed by atoms with E-state index in [0.717, 1.165) is 18.4 Å². The lowest BCUT2D eigenvalue weighted by molar-refractivity contribution is 0.592. The van der Waals surface area contributed by atoms with Gasteiger partial charge in [0.15, 0.2) is 0 Å². The smallest absolute Gasteiger partial charge is 0.126 e. The monoisotopic (exact) mass is 196 g/mol. The molecule has 0 bridgehead atoms. The van der Waals surface area contributed by atoms with Crippen molar-refractivity contribution in [3.8, 4) is 0 Å². The van der Waals surface area contributed by atoms with Crippen molar-refractivity contribution in [2.24, 2.45) is 11.5 Å². The molecule has 1 aromatic carbocycles. The minimum Gasteiger partial charge on any atom is -0.330 e. The highest BCUT2D eigenvalue weighted by atomic mass is 19.1. The highest BCUT2D eigenvalue weighted by molar-refractivity contribution is 5.25. The minimum atomic E-state index is -0.189. The van der Waals surface area contributed by atoms with Crippen molar-refractivity contribution in [1.82, 2.24) is 0 Å². The number of halogens is 1. The van der Waals surface area contributed by atoms with E-state index in [9.17, 15) is 4.39 Å². The summed E-state index contributed by atoms with van der Waals surface area (Å²) in [6, 6.07) is 5.04. The van der Waals surface area contributed by atoms with Crippen LogP contribution in [0.1, 0.15) is 30.0 Å². The van der Waals surface area contributed by atoms with Crippen LogP contribution in [0.15, 0.2) is 18.2 Å². The van der Waals surface area contributed by atoms with Crippen LogP contribution in [0.25, 0.3) is 0 Å². The lowest BCUT2D eigenvalue weighted by Crippen LogP contribution is -2.12. The maximum absolute atomic E-state index is 13.2. The van der Waals surface area contributed by atoms with E-state index < -0.39 is 0 Å². The predicted molar refractivity (Wildman–Crippen MR) is 56.4 cm³/mol. The van der Waals surface area contributed by atoms with Gasteiger partial charge in [-0.2, -0.15) is 0 Å². The Hall–Kier alpha value is -0.930. The molecular weight excluding hydrogens is 179 g/mol. The number of aryl methyl sites for hydroxylation is 1. The van der Waals surface area contributed by atoms with Crippen LogP contribution in [-0.4, -0.2) is 6.54 Å². The fourth-order valence-electron chi connectivity index (χ4n) is 1.34. The fraction of sp³-hybridized carbons (Fsp3) is 0.455. The Bertz CT molecular complexity index is 299. The second-order valence-corrected chi connectivity index (χ2v) is 3.55. The molecule has 1 rings (SSSR count). The van der Waals surface area contributed by atoms with Gasteiger partial charge in [-0.3, -0.25) is 0 Å². The first kappa shape index (κ1) is 11.1. The zero-order valence-corrected chi connectivity index (χ0v) is 8.46. The van der Waals surface area contributed by atoms with E-state index in [4.69, 9.17) is 11.5 Å². The van der Waals surface area contributed by atoms with Gasteiger partial charge in [0.25, 0.3) is 0 Å². The first-order valence-corrected chi connectivity index (χ1v) is 4.87. The fourth-order valence-corrected chi connectivity index (χ4v) is 1.34. The summed E-state index contributed by atoms with van der Waals surface area (Å²) in [6.45, 7) is 2.37. The van der Waals surface area contributed by atoms with E-state index in [2.05, 4.69) is 0 Å². The molecule has 0 aliphatic heterocycles. The van der Waals surface area contributed by atoms with E-state index in [1.807, 2.05) is 6.07 Å². The Balaban J connectivity index is 2.70. The van der Waals surface area contributed by atoms with Gasteiger partial charge in [0.2, 0.25) is 0 Å². The Morgan fingerprint density at radius 3 is 2.71 bits per heavy atom. The van der Waals surface area contributed by atoms with E-state index in [1.54, 1.807) is 13.0 Å². The predicted octanol–water partition coefficient (Wildman–Crippen LogP) is 1.87. The molecule has 0 fully saturated rings. The van der Waals surface area contributed by atoms with Gasteiger partial charge < -0.3 is 11.5 Å². The van der Waals surface area contributed by atoms with Gasteiger partial charge in [-0.05, 0) is 43.5 Å². The second kappa shape index (κ2) is 5.08. The molecule has 78 valence electrons. The quantitative estimate of drug-likeness (QED) is 0.772. The van der Waals surface area contributed by atoms with Gasteiger partial charge in [0.05, 0.1) is 0 Å². The Morgan fingerprint density at radius 1 is 1.43 bits per heavy atom. The summed E-state index contributed by atoms with van der Waals surface area (Å²) < 4.78 is 13.2. The maximum atomic E-state index is 13.2. The zero-order valence-electron chi connectivity index (χ0n) is 8.46. The average Bonchev–Trinajstić information content (AvgIpc) is 2.18. The summed E-state index contributed by atoms with van der Waals surface area (Å²) in [5.41, 5.74) is 12.8. The lowest BCUT2D eigenvalue weighted by atomic mass is 10.0. The van der Waals surface area contributed by atoms with E-state index in [0.29, 0.717) is 12.1 Å². The number of benzene rings is 1. The summed E-state index contributed by atoms with van der Waals surface area (Å²) in [5.74, 6) is -0.189. The molecule has 0 aromatic heterocycles. The van der Waals surface area contributed by atoms with Crippen LogP contribution in [0.3, 0.4) is 0 Å². The first-order valence-electron chi connectivity index (χ1n) is 4.87. The van der Waals surface area contributed by atoms with Crippen molar-refractivity contribution in [1.29, 1.82) is 0 Å². The molecule has 0 unspecified atom stereocenters. The molecule has 0 aliphatic carbocycles. The van der Waals surface area contributed by atoms with Crippen LogP contribution in [0, 0.1) is 12.7 Å². The van der Waals surface area contributed by atoms with E-state index in [1.165, 1.54) is 6.07 Å². The second-order valence-electron chi connectivity index (χ2n) is 3.55. The molecule has 0 spiro atoms. The number of hydrogen-bond donors (Lipinski definition) is 2. The van der Waals surface area contributed by atoms with Crippen LogP contribution < -0.4 is 11.5 Å². The van der Waals surface area contributed by atoms with Gasteiger partial charge in [-0.1, -0.05) is 12.1 Å². The largest absolute Gasteiger partial charge is 0.330 e. The third kappa shape index (κ3) is 2.79. The maximum Gasteiger partial charge on any atom is 0.126 e. The van der Waals surface area contributed by atoms with Crippen molar-refractivity contribution in [3.63, 3.8) is 0 Å². The van der Waals surface area contributed by atoms with E-state index in [-0.39, 0.29) is 11.9 Å². The lowest BCUT2D eigenvalue weighted by Gasteiger charge is -2.11. The summed E-state index contributed by atoms with van der Waals surface area (Å²) in [5, 5.41) is 0. The highest BCUT2D eigenvalue weighted by Gasteiger charge is 2.07. The topological polar surface area (TPSA) is 52.0 Å². The molecule has 0 amide bonds. The van der Waals surface area contributed by atoms with Gasteiger partial charge in [-0.25, -0.2) is 4.39 Å². The normalized spacial score (nSPS) is 12.9. The first-order chi connectivity index (χ1) is 6.65. The molecule has 0 radical (unpaired) electrons. The Labute approximate surface area is 84.1 Å². The van der Waals surface area contributed by atoms with Gasteiger partial charge >= 0.3 is 0 Å². The van der Waals surface area contributed by atoms with Crippen molar-refractivity contribution < 1.29 is 4.39 Å². The molecule has 0 saturated carbocycles. The Kier molecular flexibility index (Phi) is 4.04. The molecule has 1 aromatic rings. The van der Waals surface area contributed by atoms with Crippen LogP contribution in [-0.2, 0) is 0 Å². The molecule has 4 N–H and O–H groups in total. The molecule has 3 heteroatoms. The SMILES string of the molecule is Cc1ccc([C@@H](N)CCCN)cc1F. The molecule has 1 atom stereocenters. The van der Waals surface area contributed by atoms with Crippen molar-refractivity contribution in [3.05, 3.63) is 35.1 Å². The van der Waals surface area contributed by atoms with Crippen LogP contribution in [0.5, 0.6) is 0 Å². The van der Waals surface area contributed by atoms with Crippen LogP contribution in [0.2, 0.25) is 0 Å². The molecule has 0 saturated heterocycles. The number of hydrogen-bond acceptors (Lipinski definition) is 2. The van der Waals surface area contributed by atoms with Crippen LogP contribution in [0.4, 0.5) is 4.39 Å². The molecule has 0 aliphatic rings.